The molecular weight excluding hydrogens is 248 g/mol. The molecule has 0 saturated heterocycles. The van der Waals surface area contributed by atoms with E-state index in [0.29, 0.717) is 6.04 Å². The molecule has 2 aromatic rings. The fourth-order valence-electron chi connectivity index (χ4n) is 2.89. The van der Waals surface area contributed by atoms with Gasteiger partial charge in [0.1, 0.15) is 0 Å². The minimum absolute atomic E-state index is 0.0159. The molecule has 0 aliphatic heterocycles. The van der Waals surface area contributed by atoms with Gasteiger partial charge in [0, 0.05) is 29.2 Å². The van der Waals surface area contributed by atoms with Crippen LogP contribution in [0.5, 0.6) is 0 Å². The van der Waals surface area contributed by atoms with E-state index >= 15 is 0 Å². The summed E-state index contributed by atoms with van der Waals surface area (Å²) in [6.07, 6.45) is 11.5. The Labute approximate surface area is 119 Å². The molecule has 1 aliphatic carbocycles. The average Bonchev–Trinajstić information content (AvgIpc) is 2.89. The van der Waals surface area contributed by atoms with E-state index in [0.717, 1.165) is 29.3 Å². The van der Waals surface area contributed by atoms with Crippen molar-refractivity contribution in [2.75, 3.05) is 0 Å². The number of fused-ring (bicyclic) bond motifs is 1. The molecule has 1 heterocycles. The third-order valence-corrected chi connectivity index (χ3v) is 3.99. The van der Waals surface area contributed by atoms with Gasteiger partial charge in [-0.05, 0) is 30.5 Å². The Balaban J connectivity index is 1.65. The highest BCUT2D eigenvalue weighted by Gasteiger charge is 2.14. The van der Waals surface area contributed by atoms with E-state index in [1.165, 1.54) is 19.3 Å². The van der Waals surface area contributed by atoms with E-state index in [2.05, 4.69) is 16.4 Å². The van der Waals surface area contributed by atoms with E-state index in [1.54, 1.807) is 6.08 Å². The monoisotopic (exact) mass is 268 g/mol. The van der Waals surface area contributed by atoms with Gasteiger partial charge in [-0.1, -0.05) is 37.5 Å². The summed E-state index contributed by atoms with van der Waals surface area (Å²) in [5.41, 5.74) is 2.15. The second-order valence-corrected chi connectivity index (χ2v) is 5.47. The van der Waals surface area contributed by atoms with Crippen molar-refractivity contribution in [1.82, 2.24) is 10.3 Å². The predicted molar refractivity (Wildman–Crippen MR) is 82.3 cm³/mol. The van der Waals surface area contributed by atoms with Crippen LogP contribution in [0.4, 0.5) is 0 Å². The van der Waals surface area contributed by atoms with Crippen molar-refractivity contribution in [2.24, 2.45) is 0 Å². The first kappa shape index (κ1) is 13.0. The molecule has 20 heavy (non-hydrogen) atoms. The summed E-state index contributed by atoms with van der Waals surface area (Å²) in [5, 5.41) is 4.24. The highest BCUT2D eigenvalue weighted by molar-refractivity contribution is 5.96. The first-order valence-electron chi connectivity index (χ1n) is 7.37. The van der Waals surface area contributed by atoms with Crippen LogP contribution in [0.3, 0.4) is 0 Å². The molecule has 1 amide bonds. The Kier molecular flexibility index (Phi) is 3.86. The number of rotatable bonds is 3. The molecule has 1 saturated carbocycles. The molecule has 1 fully saturated rings. The Morgan fingerprint density at radius 2 is 2.00 bits per heavy atom. The number of benzene rings is 1. The van der Waals surface area contributed by atoms with Crippen LogP contribution in [0, 0.1) is 0 Å². The van der Waals surface area contributed by atoms with Gasteiger partial charge >= 0.3 is 0 Å². The number of nitrogens with one attached hydrogen (secondary N) is 2. The molecule has 2 N–H and O–H groups in total. The van der Waals surface area contributed by atoms with Gasteiger partial charge in [0.2, 0.25) is 5.91 Å². The molecule has 3 rings (SSSR count). The topological polar surface area (TPSA) is 44.9 Å². The molecule has 0 spiro atoms. The van der Waals surface area contributed by atoms with Gasteiger partial charge in [0.05, 0.1) is 0 Å². The van der Waals surface area contributed by atoms with Crippen LogP contribution in [0.25, 0.3) is 17.0 Å². The number of aromatic nitrogens is 1. The number of para-hydroxylation sites is 1. The third-order valence-electron chi connectivity index (χ3n) is 3.99. The van der Waals surface area contributed by atoms with Gasteiger partial charge in [0.25, 0.3) is 0 Å². The Hall–Kier alpha value is -2.03. The van der Waals surface area contributed by atoms with Crippen LogP contribution in [-0.4, -0.2) is 16.9 Å². The number of aromatic amines is 1. The summed E-state index contributed by atoms with van der Waals surface area (Å²) in [6, 6.07) is 8.47. The Bertz CT molecular complexity index is 621. The molecule has 0 unspecified atom stereocenters. The summed E-state index contributed by atoms with van der Waals surface area (Å²) in [7, 11) is 0. The highest BCUT2D eigenvalue weighted by atomic mass is 16.1. The lowest BCUT2D eigenvalue weighted by atomic mass is 9.95. The third kappa shape index (κ3) is 2.93. The number of carbonyl (C=O) groups is 1. The molecule has 1 aromatic heterocycles. The van der Waals surface area contributed by atoms with Gasteiger partial charge in [-0.25, -0.2) is 0 Å². The number of amides is 1. The molecule has 0 radical (unpaired) electrons. The zero-order chi connectivity index (χ0) is 13.8. The Morgan fingerprint density at radius 3 is 2.85 bits per heavy atom. The van der Waals surface area contributed by atoms with Crippen LogP contribution >= 0.6 is 0 Å². The molecule has 1 aliphatic rings. The number of hydrogen-bond acceptors (Lipinski definition) is 1. The molecular formula is C17H20N2O. The lowest BCUT2D eigenvalue weighted by Crippen LogP contribution is -2.34. The van der Waals surface area contributed by atoms with E-state index in [-0.39, 0.29) is 5.91 Å². The van der Waals surface area contributed by atoms with Crippen LogP contribution < -0.4 is 5.32 Å². The minimum Gasteiger partial charge on any atom is -0.361 e. The van der Waals surface area contributed by atoms with E-state index in [4.69, 9.17) is 0 Å². The molecule has 3 nitrogen and oxygen atoms in total. The van der Waals surface area contributed by atoms with Crippen molar-refractivity contribution < 1.29 is 4.79 Å². The van der Waals surface area contributed by atoms with Gasteiger partial charge in [-0.15, -0.1) is 0 Å². The molecule has 104 valence electrons. The van der Waals surface area contributed by atoms with E-state index < -0.39 is 0 Å². The second kappa shape index (κ2) is 5.95. The molecule has 0 bridgehead atoms. The van der Waals surface area contributed by atoms with Gasteiger partial charge < -0.3 is 10.3 Å². The Morgan fingerprint density at radius 1 is 1.20 bits per heavy atom. The minimum atomic E-state index is 0.0159. The second-order valence-electron chi connectivity index (χ2n) is 5.47. The van der Waals surface area contributed by atoms with Crippen LogP contribution in [0.1, 0.15) is 37.7 Å². The first-order chi connectivity index (χ1) is 9.83. The number of hydrogen-bond donors (Lipinski definition) is 2. The van der Waals surface area contributed by atoms with Crippen molar-refractivity contribution in [2.45, 2.75) is 38.1 Å². The summed E-state index contributed by atoms with van der Waals surface area (Å²) >= 11 is 0. The zero-order valence-corrected chi connectivity index (χ0v) is 11.6. The van der Waals surface area contributed by atoms with Crippen LogP contribution in [0.15, 0.2) is 36.5 Å². The predicted octanol–water partition coefficient (Wildman–Crippen LogP) is 3.63. The number of carbonyl (C=O) groups excluding carboxylic acids is 1. The zero-order valence-electron chi connectivity index (χ0n) is 11.6. The van der Waals surface area contributed by atoms with Gasteiger partial charge in [-0.3, -0.25) is 4.79 Å². The van der Waals surface area contributed by atoms with E-state index in [9.17, 15) is 4.79 Å². The number of H-pyrrole nitrogens is 1. The fourth-order valence-corrected chi connectivity index (χ4v) is 2.89. The van der Waals surface area contributed by atoms with Crippen LogP contribution in [0.2, 0.25) is 0 Å². The highest BCUT2D eigenvalue weighted by Crippen LogP contribution is 2.19. The summed E-state index contributed by atoms with van der Waals surface area (Å²) in [5.74, 6) is 0.0159. The van der Waals surface area contributed by atoms with Crippen molar-refractivity contribution in [1.29, 1.82) is 0 Å². The largest absolute Gasteiger partial charge is 0.361 e. The lowest BCUT2D eigenvalue weighted by molar-refractivity contribution is -0.117. The van der Waals surface area contributed by atoms with Crippen LogP contribution in [-0.2, 0) is 4.79 Å². The van der Waals surface area contributed by atoms with Gasteiger partial charge in [-0.2, -0.15) is 0 Å². The van der Waals surface area contributed by atoms with Crippen molar-refractivity contribution in [3.8, 4) is 0 Å². The molecule has 3 heteroatoms. The smallest absolute Gasteiger partial charge is 0.244 e. The maximum atomic E-state index is 11.9. The maximum Gasteiger partial charge on any atom is 0.244 e. The fraction of sp³-hybridized carbons (Fsp3) is 0.353. The van der Waals surface area contributed by atoms with Gasteiger partial charge in [0.15, 0.2) is 0 Å². The lowest BCUT2D eigenvalue weighted by Gasteiger charge is -2.21. The van der Waals surface area contributed by atoms with E-state index in [1.807, 2.05) is 30.5 Å². The standard InChI is InChI=1S/C17H20N2O/c20-17(19-14-6-2-1-3-7-14)11-10-13-12-18-16-9-5-4-8-15(13)16/h4-5,8-12,14,18H,1-3,6-7H2,(H,19,20)/b11-10+. The molecule has 0 atom stereocenters. The van der Waals surface area contributed by atoms with Crippen molar-refractivity contribution in [3.05, 3.63) is 42.1 Å². The molecule has 1 aromatic carbocycles. The normalized spacial score (nSPS) is 16.8. The summed E-state index contributed by atoms with van der Waals surface area (Å²) < 4.78 is 0. The van der Waals surface area contributed by atoms with Crippen molar-refractivity contribution >= 4 is 22.9 Å². The average molecular weight is 268 g/mol. The summed E-state index contributed by atoms with van der Waals surface area (Å²) in [4.78, 5) is 15.1. The van der Waals surface area contributed by atoms with Crippen molar-refractivity contribution in [3.63, 3.8) is 0 Å². The SMILES string of the molecule is O=C(/C=C/c1c[nH]c2ccccc12)NC1CCCCC1. The summed E-state index contributed by atoms with van der Waals surface area (Å²) in [6.45, 7) is 0. The maximum absolute atomic E-state index is 11.9. The quantitative estimate of drug-likeness (QED) is 0.820. The first-order valence-corrected chi connectivity index (χ1v) is 7.37.